The summed E-state index contributed by atoms with van der Waals surface area (Å²) < 4.78 is 8.30. The molecule has 1 saturated heterocycles. The van der Waals surface area contributed by atoms with Crippen molar-refractivity contribution in [3.63, 3.8) is 0 Å². The van der Waals surface area contributed by atoms with E-state index in [2.05, 4.69) is 19.2 Å². The Kier molecular flexibility index (Phi) is 4.15. The number of ether oxygens (including phenoxy) is 1. The topological polar surface area (TPSA) is 65.3 Å². The number of rotatable bonds is 3. The van der Waals surface area contributed by atoms with Gasteiger partial charge in [-0.05, 0) is 26.7 Å². The highest BCUT2D eigenvalue weighted by Gasteiger charge is 2.28. The van der Waals surface area contributed by atoms with E-state index < -0.39 is 0 Å². The lowest BCUT2D eigenvalue weighted by atomic mass is 9.94. The Morgan fingerprint density at radius 3 is 2.70 bits per heavy atom. The fourth-order valence-electron chi connectivity index (χ4n) is 2.60. The largest absolute Gasteiger partial charge is 0.375 e. The van der Waals surface area contributed by atoms with Gasteiger partial charge in [-0.15, -0.1) is 0 Å². The predicted molar refractivity (Wildman–Crippen MR) is 76.8 cm³/mol. The van der Waals surface area contributed by atoms with Gasteiger partial charge < -0.3 is 10.1 Å². The van der Waals surface area contributed by atoms with E-state index in [1.165, 1.54) is 17.7 Å². The molecule has 1 aliphatic rings. The molecule has 2 heterocycles. The first-order valence-electron chi connectivity index (χ1n) is 6.93. The van der Waals surface area contributed by atoms with Crippen molar-refractivity contribution in [3.05, 3.63) is 32.6 Å². The van der Waals surface area contributed by atoms with Crippen LogP contribution in [0.5, 0.6) is 0 Å². The first-order chi connectivity index (χ1) is 9.30. The third kappa shape index (κ3) is 3.19. The highest BCUT2D eigenvalue weighted by molar-refractivity contribution is 5.02. The van der Waals surface area contributed by atoms with Crippen LogP contribution in [-0.2, 0) is 25.4 Å². The van der Waals surface area contributed by atoms with E-state index in [-0.39, 0.29) is 16.9 Å². The number of aromatic nitrogens is 2. The highest BCUT2D eigenvalue weighted by atomic mass is 16.5. The van der Waals surface area contributed by atoms with E-state index >= 15 is 0 Å². The third-order valence-electron chi connectivity index (χ3n) is 3.89. The van der Waals surface area contributed by atoms with Crippen molar-refractivity contribution in [2.45, 2.75) is 44.9 Å². The highest BCUT2D eigenvalue weighted by Crippen LogP contribution is 2.23. The summed E-state index contributed by atoms with van der Waals surface area (Å²) in [6, 6.07) is 1.86. The zero-order valence-corrected chi connectivity index (χ0v) is 12.6. The standard InChI is InChI=1S/C14H23N3O3/c1-14(2)8-10(5-6-20-14)15-9-11-7-12(18)17(4)13(19)16(11)3/h7,10,15H,5-6,8-9H2,1-4H3. The van der Waals surface area contributed by atoms with E-state index in [0.29, 0.717) is 18.3 Å². The van der Waals surface area contributed by atoms with Gasteiger partial charge >= 0.3 is 5.69 Å². The first-order valence-corrected chi connectivity index (χ1v) is 6.93. The van der Waals surface area contributed by atoms with Crippen LogP contribution in [0.15, 0.2) is 15.7 Å². The Morgan fingerprint density at radius 2 is 2.05 bits per heavy atom. The van der Waals surface area contributed by atoms with E-state index in [1.54, 1.807) is 7.05 Å². The van der Waals surface area contributed by atoms with Gasteiger partial charge in [0.25, 0.3) is 5.56 Å². The molecule has 6 heteroatoms. The van der Waals surface area contributed by atoms with Crippen LogP contribution in [0.2, 0.25) is 0 Å². The predicted octanol–water partition coefficient (Wildman–Crippen LogP) is 0.131. The van der Waals surface area contributed by atoms with Crippen LogP contribution in [-0.4, -0.2) is 27.4 Å². The second kappa shape index (κ2) is 5.54. The van der Waals surface area contributed by atoms with Crippen molar-refractivity contribution in [2.75, 3.05) is 6.61 Å². The fourth-order valence-corrected chi connectivity index (χ4v) is 2.60. The minimum absolute atomic E-state index is 0.116. The summed E-state index contributed by atoms with van der Waals surface area (Å²) in [7, 11) is 3.18. The molecule has 0 aliphatic carbocycles. The van der Waals surface area contributed by atoms with Crippen LogP contribution in [0.25, 0.3) is 0 Å². The van der Waals surface area contributed by atoms with Gasteiger partial charge in [0, 0.05) is 45.0 Å². The van der Waals surface area contributed by atoms with Crippen LogP contribution in [0.3, 0.4) is 0 Å². The zero-order chi connectivity index (χ0) is 14.9. The Morgan fingerprint density at radius 1 is 1.35 bits per heavy atom. The molecule has 1 aromatic rings. The third-order valence-corrected chi connectivity index (χ3v) is 3.89. The van der Waals surface area contributed by atoms with Crippen LogP contribution in [0, 0.1) is 0 Å². The summed E-state index contributed by atoms with van der Waals surface area (Å²) in [5.41, 5.74) is 0.0375. The molecule has 1 atom stereocenters. The average molecular weight is 281 g/mol. The van der Waals surface area contributed by atoms with Crippen molar-refractivity contribution in [1.29, 1.82) is 0 Å². The van der Waals surface area contributed by atoms with Gasteiger partial charge in [-0.1, -0.05) is 0 Å². The molecule has 0 saturated carbocycles. The molecule has 0 amide bonds. The minimum Gasteiger partial charge on any atom is -0.375 e. The Balaban J connectivity index is 2.08. The summed E-state index contributed by atoms with van der Waals surface area (Å²) in [6.45, 7) is 5.41. The molecule has 1 N–H and O–H groups in total. The molecule has 1 aromatic heterocycles. The van der Waals surface area contributed by atoms with Crippen LogP contribution in [0.4, 0.5) is 0 Å². The summed E-state index contributed by atoms with van der Waals surface area (Å²) in [5.74, 6) is 0. The second-order valence-corrected chi connectivity index (χ2v) is 6.05. The zero-order valence-electron chi connectivity index (χ0n) is 12.6. The van der Waals surface area contributed by atoms with E-state index in [9.17, 15) is 9.59 Å². The van der Waals surface area contributed by atoms with Gasteiger partial charge in [-0.2, -0.15) is 0 Å². The molecule has 112 valence electrons. The summed E-state index contributed by atoms with van der Waals surface area (Å²) in [4.78, 5) is 23.5. The van der Waals surface area contributed by atoms with Crippen molar-refractivity contribution in [3.8, 4) is 0 Å². The molecular weight excluding hydrogens is 258 g/mol. The van der Waals surface area contributed by atoms with Gasteiger partial charge in [-0.25, -0.2) is 4.79 Å². The molecule has 20 heavy (non-hydrogen) atoms. The number of hydrogen-bond donors (Lipinski definition) is 1. The quantitative estimate of drug-likeness (QED) is 0.855. The van der Waals surface area contributed by atoms with E-state index in [4.69, 9.17) is 4.74 Å². The molecule has 1 unspecified atom stereocenters. The monoisotopic (exact) mass is 281 g/mol. The molecule has 0 radical (unpaired) electrons. The molecule has 1 fully saturated rings. The van der Waals surface area contributed by atoms with E-state index in [0.717, 1.165) is 24.0 Å². The van der Waals surface area contributed by atoms with Crippen LogP contribution >= 0.6 is 0 Å². The maximum atomic E-state index is 11.8. The van der Waals surface area contributed by atoms with Crippen LogP contribution < -0.4 is 16.6 Å². The van der Waals surface area contributed by atoms with Gasteiger partial charge in [0.1, 0.15) is 0 Å². The molecular formula is C14H23N3O3. The van der Waals surface area contributed by atoms with Crippen molar-refractivity contribution < 1.29 is 4.74 Å². The van der Waals surface area contributed by atoms with E-state index in [1.807, 2.05) is 0 Å². The maximum absolute atomic E-state index is 11.8. The van der Waals surface area contributed by atoms with Crippen LogP contribution in [0.1, 0.15) is 32.4 Å². The Labute approximate surface area is 118 Å². The lowest BCUT2D eigenvalue weighted by Crippen LogP contribution is -2.44. The van der Waals surface area contributed by atoms with Crippen molar-refractivity contribution in [1.82, 2.24) is 14.5 Å². The second-order valence-electron chi connectivity index (χ2n) is 6.05. The summed E-state index contributed by atoms with van der Waals surface area (Å²) in [6.07, 6.45) is 1.87. The lowest BCUT2D eigenvalue weighted by Gasteiger charge is -2.36. The van der Waals surface area contributed by atoms with Gasteiger partial charge in [-0.3, -0.25) is 13.9 Å². The van der Waals surface area contributed by atoms with Gasteiger partial charge in [0.15, 0.2) is 0 Å². The number of nitrogens with zero attached hydrogens (tertiary/aromatic N) is 2. The lowest BCUT2D eigenvalue weighted by molar-refractivity contribution is -0.0631. The molecule has 0 spiro atoms. The smallest absolute Gasteiger partial charge is 0.330 e. The summed E-state index contributed by atoms with van der Waals surface area (Å²) >= 11 is 0. The Hall–Kier alpha value is -1.40. The normalized spacial score (nSPS) is 21.9. The molecule has 0 bridgehead atoms. The van der Waals surface area contributed by atoms with Gasteiger partial charge in [0.05, 0.1) is 5.60 Å². The number of hydrogen-bond acceptors (Lipinski definition) is 4. The summed E-state index contributed by atoms with van der Waals surface area (Å²) in [5, 5.41) is 3.42. The fraction of sp³-hybridized carbons (Fsp3) is 0.714. The molecule has 6 nitrogen and oxygen atoms in total. The van der Waals surface area contributed by atoms with Gasteiger partial charge in [0.2, 0.25) is 0 Å². The molecule has 1 aliphatic heterocycles. The maximum Gasteiger partial charge on any atom is 0.330 e. The Bertz CT molecular complexity index is 601. The average Bonchev–Trinajstić information content (AvgIpc) is 2.38. The van der Waals surface area contributed by atoms with Crippen molar-refractivity contribution in [2.24, 2.45) is 14.1 Å². The molecule has 0 aromatic carbocycles. The minimum atomic E-state index is -0.290. The van der Waals surface area contributed by atoms with Crippen molar-refractivity contribution >= 4 is 0 Å². The first kappa shape index (κ1) is 15.0. The number of nitrogens with one attached hydrogen (secondary N) is 1. The SMILES string of the molecule is Cn1c(CNC2CCOC(C)(C)C2)cc(=O)n(C)c1=O. The molecule has 2 rings (SSSR count).